The summed E-state index contributed by atoms with van der Waals surface area (Å²) in [5.74, 6) is 0. The van der Waals surface area contributed by atoms with Crippen molar-refractivity contribution in [3.8, 4) is 0 Å². The van der Waals surface area contributed by atoms with Crippen molar-refractivity contribution >= 4 is 0 Å². The molecule has 0 radical (unpaired) electrons. The maximum Gasteiger partial charge on any atom is 0.0223 e. The molecule has 0 aliphatic heterocycles. The minimum atomic E-state index is -0.137. The van der Waals surface area contributed by atoms with Crippen LogP contribution in [0.2, 0.25) is 0 Å². The number of nitrogens with one attached hydrogen (secondary N) is 1. The van der Waals surface area contributed by atoms with Gasteiger partial charge in [0.15, 0.2) is 0 Å². The third kappa shape index (κ3) is 5.75. The highest BCUT2D eigenvalue weighted by Crippen LogP contribution is 2.24. The van der Waals surface area contributed by atoms with Crippen molar-refractivity contribution in [3.05, 3.63) is 34.9 Å². The van der Waals surface area contributed by atoms with Crippen LogP contribution in [0.25, 0.3) is 0 Å². The van der Waals surface area contributed by atoms with Gasteiger partial charge in [-0.2, -0.15) is 0 Å². The molecule has 0 fully saturated rings. The molecule has 0 aliphatic carbocycles. The van der Waals surface area contributed by atoms with Gasteiger partial charge in [-0.3, -0.25) is 0 Å². The summed E-state index contributed by atoms with van der Waals surface area (Å²) in [5, 5.41) is 3.43. The van der Waals surface area contributed by atoms with Crippen LogP contribution in [0.5, 0.6) is 0 Å². The van der Waals surface area contributed by atoms with Crippen molar-refractivity contribution in [2.45, 2.75) is 58.9 Å². The summed E-state index contributed by atoms with van der Waals surface area (Å²) in [6, 6.07) is 6.84. The second-order valence-corrected chi connectivity index (χ2v) is 7.31. The molecule has 0 aromatic heterocycles. The van der Waals surface area contributed by atoms with E-state index < -0.39 is 0 Å². The van der Waals surface area contributed by atoms with Crippen molar-refractivity contribution in [2.75, 3.05) is 13.1 Å². The van der Waals surface area contributed by atoms with Crippen LogP contribution in [0.1, 0.15) is 51.3 Å². The van der Waals surface area contributed by atoms with Crippen LogP contribution < -0.4 is 11.1 Å². The molecule has 1 rings (SSSR count). The Morgan fingerprint density at radius 2 is 1.74 bits per heavy atom. The van der Waals surface area contributed by atoms with Crippen LogP contribution in [0.3, 0.4) is 0 Å². The molecule has 1 aromatic rings. The van der Waals surface area contributed by atoms with Crippen LogP contribution in [-0.4, -0.2) is 18.6 Å². The fourth-order valence-corrected chi connectivity index (χ4v) is 2.04. The van der Waals surface area contributed by atoms with E-state index in [-0.39, 0.29) is 11.0 Å². The van der Waals surface area contributed by atoms with Gasteiger partial charge in [-0.05, 0) is 55.8 Å². The number of hydrogen-bond donors (Lipinski definition) is 2. The van der Waals surface area contributed by atoms with E-state index in [1.54, 1.807) is 0 Å². The van der Waals surface area contributed by atoms with Gasteiger partial charge in [0.25, 0.3) is 0 Å². The fraction of sp³-hybridized carbons (Fsp3) is 0.647. The molecule has 2 nitrogen and oxygen atoms in total. The molecule has 0 aliphatic rings. The first-order valence-electron chi connectivity index (χ1n) is 7.19. The van der Waals surface area contributed by atoms with Gasteiger partial charge in [-0.15, -0.1) is 0 Å². The number of benzene rings is 1. The second-order valence-electron chi connectivity index (χ2n) is 7.31. The fourth-order valence-electron chi connectivity index (χ4n) is 2.04. The Morgan fingerprint density at radius 3 is 2.26 bits per heavy atom. The molecule has 0 amide bonds. The Hall–Kier alpha value is -0.860. The minimum absolute atomic E-state index is 0.137. The molecule has 0 heterocycles. The van der Waals surface area contributed by atoms with Crippen molar-refractivity contribution in [3.63, 3.8) is 0 Å². The van der Waals surface area contributed by atoms with Crippen LogP contribution >= 0.6 is 0 Å². The lowest BCUT2D eigenvalue weighted by atomic mass is 9.85. The lowest BCUT2D eigenvalue weighted by Gasteiger charge is -2.22. The van der Waals surface area contributed by atoms with Gasteiger partial charge < -0.3 is 11.1 Å². The van der Waals surface area contributed by atoms with Crippen LogP contribution in [0, 0.1) is 6.92 Å². The highest BCUT2D eigenvalue weighted by molar-refractivity contribution is 5.34. The lowest BCUT2D eigenvalue weighted by Crippen LogP contribution is -2.43. The van der Waals surface area contributed by atoms with Crippen LogP contribution in [0.4, 0.5) is 0 Å². The third-order valence-corrected chi connectivity index (χ3v) is 3.37. The largest absolute Gasteiger partial charge is 0.324 e. The molecule has 0 unspecified atom stereocenters. The lowest BCUT2D eigenvalue weighted by molar-refractivity contribution is 0.469. The number of nitrogens with two attached hydrogens (primary N) is 1. The number of aryl methyl sites for hydroxylation is 1. The van der Waals surface area contributed by atoms with Gasteiger partial charge in [0, 0.05) is 12.1 Å². The molecule has 0 saturated carbocycles. The standard InChI is InChI=1S/C17H30N2/c1-13-7-8-15(16(2,3)4)11-14(13)9-10-19-12-17(5,6)18/h7-8,11,19H,9-10,12,18H2,1-6H3. The van der Waals surface area contributed by atoms with Gasteiger partial charge in [-0.1, -0.05) is 39.0 Å². The minimum Gasteiger partial charge on any atom is -0.324 e. The van der Waals surface area contributed by atoms with E-state index in [1.807, 2.05) is 13.8 Å². The maximum atomic E-state index is 5.96. The predicted octanol–water partition coefficient (Wildman–Crippen LogP) is 3.16. The van der Waals surface area contributed by atoms with Crippen molar-refractivity contribution in [1.82, 2.24) is 5.32 Å². The quantitative estimate of drug-likeness (QED) is 0.800. The molecule has 0 bridgehead atoms. The van der Waals surface area contributed by atoms with E-state index in [4.69, 9.17) is 5.73 Å². The Bertz CT molecular complexity index is 408. The third-order valence-electron chi connectivity index (χ3n) is 3.37. The Morgan fingerprint density at radius 1 is 1.11 bits per heavy atom. The number of rotatable bonds is 5. The van der Waals surface area contributed by atoms with E-state index in [9.17, 15) is 0 Å². The van der Waals surface area contributed by atoms with E-state index >= 15 is 0 Å². The molecule has 3 N–H and O–H groups in total. The van der Waals surface area contributed by atoms with E-state index in [1.165, 1.54) is 16.7 Å². The molecule has 0 saturated heterocycles. The summed E-state index contributed by atoms with van der Waals surface area (Å²) in [6.07, 6.45) is 1.06. The highest BCUT2D eigenvalue weighted by atomic mass is 14.9. The molecular weight excluding hydrogens is 232 g/mol. The summed E-state index contributed by atoms with van der Waals surface area (Å²) in [5.41, 5.74) is 10.3. The molecule has 0 spiro atoms. The summed E-state index contributed by atoms with van der Waals surface area (Å²) in [7, 11) is 0. The average Bonchev–Trinajstić information content (AvgIpc) is 2.23. The van der Waals surface area contributed by atoms with Gasteiger partial charge >= 0.3 is 0 Å². The van der Waals surface area contributed by atoms with E-state index in [0.717, 1.165) is 19.5 Å². The normalized spacial score (nSPS) is 12.8. The zero-order valence-electron chi connectivity index (χ0n) is 13.4. The topological polar surface area (TPSA) is 38.0 Å². The molecule has 0 atom stereocenters. The first-order chi connectivity index (χ1) is 8.59. The highest BCUT2D eigenvalue weighted by Gasteiger charge is 2.14. The van der Waals surface area contributed by atoms with Crippen LogP contribution in [0.15, 0.2) is 18.2 Å². The predicted molar refractivity (Wildman–Crippen MR) is 84.7 cm³/mol. The van der Waals surface area contributed by atoms with Gasteiger partial charge in [0.1, 0.15) is 0 Å². The first kappa shape index (κ1) is 16.2. The number of hydrogen-bond acceptors (Lipinski definition) is 2. The van der Waals surface area contributed by atoms with Crippen molar-refractivity contribution in [1.29, 1.82) is 0 Å². The van der Waals surface area contributed by atoms with Crippen molar-refractivity contribution in [2.24, 2.45) is 5.73 Å². The zero-order valence-corrected chi connectivity index (χ0v) is 13.4. The Balaban J connectivity index is 2.63. The molecule has 2 heteroatoms. The first-order valence-corrected chi connectivity index (χ1v) is 7.19. The van der Waals surface area contributed by atoms with E-state index in [2.05, 4.69) is 51.2 Å². The molecule has 19 heavy (non-hydrogen) atoms. The summed E-state index contributed by atoms with van der Waals surface area (Å²) in [6.45, 7) is 14.9. The van der Waals surface area contributed by atoms with Gasteiger partial charge in [-0.25, -0.2) is 0 Å². The van der Waals surface area contributed by atoms with E-state index in [0.29, 0.717) is 0 Å². The maximum absolute atomic E-state index is 5.96. The smallest absolute Gasteiger partial charge is 0.0223 e. The average molecular weight is 262 g/mol. The van der Waals surface area contributed by atoms with Crippen LogP contribution in [-0.2, 0) is 11.8 Å². The SMILES string of the molecule is Cc1ccc(C(C)(C)C)cc1CCNCC(C)(C)N. The van der Waals surface area contributed by atoms with Gasteiger partial charge in [0.2, 0.25) is 0 Å². The summed E-state index contributed by atoms with van der Waals surface area (Å²) >= 11 is 0. The second kappa shape index (κ2) is 6.06. The summed E-state index contributed by atoms with van der Waals surface area (Å²) in [4.78, 5) is 0. The summed E-state index contributed by atoms with van der Waals surface area (Å²) < 4.78 is 0. The molecule has 1 aromatic carbocycles. The molecule has 108 valence electrons. The van der Waals surface area contributed by atoms with Gasteiger partial charge in [0.05, 0.1) is 0 Å². The molecular formula is C17H30N2. The van der Waals surface area contributed by atoms with Crippen molar-refractivity contribution < 1.29 is 0 Å². The zero-order chi connectivity index (χ0) is 14.7. The Kier molecular flexibility index (Phi) is 5.17. The Labute approximate surface area is 118 Å². The monoisotopic (exact) mass is 262 g/mol.